The van der Waals surface area contributed by atoms with Gasteiger partial charge in [-0.05, 0) is 50.0 Å². The molecule has 5 aromatic rings. The monoisotopic (exact) mass is 708 g/mol. The van der Waals surface area contributed by atoms with Gasteiger partial charge in [0.15, 0.2) is 0 Å². The Bertz CT molecular complexity index is 2000. The minimum absolute atomic E-state index is 0.0994. The van der Waals surface area contributed by atoms with E-state index in [2.05, 4.69) is 229 Å². The smallest absolute Gasteiger partial charge is 0.0486 e. The van der Waals surface area contributed by atoms with Crippen molar-refractivity contribution in [1.82, 2.24) is 0 Å². The molecule has 0 aromatic heterocycles. The second-order valence-electron chi connectivity index (χ2n) is 19.2. The zero-order valence-electron chi connectivity index (χ0n) is 34.9. The van der Waals surface area contributed by atoms with Crippen molar-refractivity contribution >= 4 is 5.57 Å². The molecule has 0 saturated carbocycles. The Morgan fingerprint density at radius 2 is 0.759 bits per heavy atom. The van der Waals surface area contributed by atoms with Crippen LogP contribution in [0.25, 0.3) is 5.57 Å². The third-order valence-corrected chi connectivity index (χ3v) is 10.8. The second-order valence-corrected chi connectivity index (χ2v) is 19.2. The van der Waals surface area contributed by atoms with E-state index in [1.807, 2.05) is 0 Å². The topological polar surface area (TPSA) is 0 Å². The van der Waals surface area contributed by atoms with E-state index < -0.39 is 0 Å². The maximum Gasteiger partial charge on any atom is 0.0486 e. The van der Waals surface area contributed by atoms with Gasteiger partial charge in [-0.3, -0.25) is 0 Å². The molecule has 0 heterocycles. The summed E-state index contributed by atoms with van der Waals surface area (Å²) in [6.45, 7) is 27.3. The average Bonchev–Trinajstić information content (AvgIpc) is 3.12. The lowest BCUT2D eigenvalue weighted by Gasteiger charge is -2.28. The molecule has 0 fully saturated rings. The first kappa shape index (κ1) is 38.8. The molecule has 0 atom stereocenters. The summed E-state index contributed by atoms with van der Waals surface area (Å²) in [6.07, 6.45) is 9.18. The van der Waals surface area contributed by atoms with Gasteiger partial charge in [-0.25, -0.2) is 0 Å². The molecule has 1 aliphatic rings. The number of allylic oxidation sites excluding steroid dienone is 5. The Kier molecular flexibility index (Phi) is 10.6. The van der Waals surface area contributed by atoms with Gasteiger partial charge in [-0.15, -0.1) is 0 Å². The maximum atomic E-state index is 2.36. The highest BCUT2D eigenvalue weighted by molar-refractivity contribution is 5.86. The number of hydrogen-bond donors (Lipinski definition) is 0. The SMILES string of the molecule is CC(C)(C)c1ccc(C(=C2C=C[C+](c3cccc([C-](c4ccc(C(C)(C)C)cc4)c4ccc(C(C)(C)C)cc4)c3)C=C2)c2ccc(C(C)(C)C)cc2)cc1. The molecule has 54 heavy (non-hydrogen) atoms. The largest absolute Gasteiger partial charge is 0.0996 e. The van der Waals surface area contributed by atoms with Crippen molar-refractivity contribution in [2.75, 3.05) is 0 Å². The summed E-state index contributed by atoms with van der Waals surface area (Å²) >= 11 is 0. The predicted octanol–water partition coefficient (Wildman–Crippen LogP) is 14.4. The molecule has 276 valence electrons. The van der Waals surface area contributed by atoms with Gasteiger partial charge >= 0.3 is 0 Å². The Labute approximate surface area is 327 Å². The summed E-state index contributed by atoms with van der Waals surface area (Å²) in [5, 5.41) is 0. The normalized spacial score (nSPS) is 13.7. The first-order valence-corrected chi connectivity index (χ1v) is 19.7. The van der Waals surface area contributed by atoms with Crippen molar-refractivity contribution in [3.05, 3.63) is 219 Å². The highest BCUT2D eigenvalue weighted by Crippen LogP contribution is 2.38. The molecule has 5 aromatic carbocycles. The van der Waals surface area contributed by atoms with Gasteiger partial charge < -0.3 is 0 Å². The van der Waals surface area contributed by atoms with E-state index in [0.29, 0.717) is 0 Å². The van der Waals surface area contributed by atoms with Crippen molar-refractivity contribution in [2.24, 2.45) is 0 Å². The molecule has 1 aliphatic carbocycles. The van der Waals surface area contributed by atoms with E-state index in [1.165, 1.54) is 78.6 Å². The molecule has 0 bridgehead atoms. The van der Waals surface area contributed by atoms with Crippen LogP contribution in [-0.2, 0) is 21.7 Å². The van der Waals surface area contributed by atoms with Crippen LogP contribution in [0.2, 0.25) is 0 Å². The molecule has 0 amide bonds. The molecule has 0 nitrogen and oxygen atoms in total. The fourth-order valence-electron chi connectivity index (χ4n) is 7.23. The third kappa shape index (κ3) is 8.71. The van der Waals surface area contributed by atoms with Crippen LogP contribution in [-0.4, -0.2) is 0 Å². The van der Waals surface area contributed by atoms with Gasteiger partial charge in [0.05, 0.1) is 0 Å². The number of hydrogen-bond acceptors (Lipinski definition) is 0. The minimum atomic E-state index is 0.0994. The molecular weight excluding hydrogens is 649 g/mol. The van der Waals surface area contributed by atoms with Gasteiger partial charge in [0.2, 0.25) is 0 Å². The van der Waals surface area contributed by atoms with Crippen molar-refractivity contribution in [3.8, 4) is 0 Å². The van der Waals surface area contributed by atoms with E-state index in [9.17, 15) is 0 Å². The molecule has 0 radical (unpaired) electrons. The zero-order valence-corrected chi connectivity index (χ0v) is 34.9. The highest BCUT2D eigenvalue weighted by Gasteiger charge is 2.22. The van der Waals surface area contributed by atoms with Crippen LogP contribution >= 0.6 is 0 Å². The van der Waals surface area contributed by atoms with Crippen molar-refractivity contribution in [2.45, 2.75) is 105 Å². The molecule has 0 aliphatic heterocycles. The highest BCUT2D eigenvalue weighted by atomic mass is 14.3. The number of benzene rings is 5. The molecule has 0 saturated heterocycles. The predicted molar refractivity (Wildman–Crippen MR) is 234 cm³/mol. The van der Waals surface area contributed by atoms with Gasteiger partial charge in [0.1, 0.15) is 0 Å². The van der Waals surface area contributed by atoms with Crippen LogP contribution in [0.1, 0.15) is 139 Å². The molecule has 0 N–H and O–H groups in total. The van der Waals surface area contributed by atoms with Crippen LogP contribution < -0.4 is 0 Å². The van der Waals surface area contributed by atoms with Crippen LogP contribution in [0.3, 0.4) is 0 Å². The summed E-state index contributed by atoms with van der Waals surface area (Å²) in [4.78, 5) is 0. The van der Waals surface area contributed by atoms with E-state index in [1.54, 1.807) is 0 Å². The first-order chi connectivity index (χ1) is 25.3. The summed E-state index contributed by atoms with van der Waals surface area (Å²) in [5.74, 6) is 2.46. The molecule has 6 rings (SSSR count). The van der Waals surface area contributed by atoms with E-state index in [0.717, 1.165) is 0 Å². The van der Waals surface area contributed by atoms with Crippen molar-refractivity contribution in [3.63, 3.8) is 0 Å². The van der Waals surface area contributed by atoms with E-state index >= 15 is 0 Å². The fraction of sp³-hybridized carbons (Fsp3) is 0.296. The summed E-state index contributed by atoms with van der Waals surface area (Å²) < 4.78 is 0. The average molecular weight is 709 g/mol. The van der Waals surface area contributed by atoms with Crippen LogP contribution in [0.4, 0.5) is 0 Å². The van der Waals surface area contributed by atoms with Crippen LogP contribution in [0, 0.1) is 11.8 Å². The Balaban J connectivity index is 1.38. The van der Waals surface area contributed by atoms with Crippen LogP contribution in [0.15, 0.2) is 151 Å². The molecule has 0 unspecified atom stereocenters. The lowest BCUT2D eigenvalue weighted by atomic mass is 9.79. The second kappa shape index (κ2) is 14.7. The zero-order chi connectivity index (χ0) is 39.1. The van der Waals surface area contributed by atoms with Gasteiger partial charge in [0, 0.05) is 46.9 Å². The van der Waals surface area contributed by atoms with E-state index in [-0.39, 0.29) is 21.7 Å². The Morgan fingerprint density at radius 3 is 1.11 bits per heavy atom. The van der Waals surface area contributed by atoms with E-state index in [4.69, 9.17) is 0 Å². The Hall–Kier alpha value is -4.94. The first-order valence-electron chi connectivity index (χ1n) is 19.7. The third-order valence-electron chi connectivity index (χ3n) is 10.8. The minimum Gasteiger partial charge on any atom is -0.0996 e. The van der Waals surface area contributed by atoms with Gasteiger partial charge in [-0.1, -0.05) is 232 Å². The lowest BCUT2D eigenvalue weighted by Crippen LogP contribution is -2.13. The molecular formula is C54H60. The quantitative estimate of drug-likeness (QED) is 0.122. The molecule has 0 heteroatoms. The maximum absolute atomic E-state index is 2.36. The van der Waals surface area contributed by atoms with Crippen molar-refractivity contribution in [1.29, 1.82) is 0 Å². The Morgan fingerprint density at radius 1 is 0.407 bits per heavy atom. The summed E-state index contributed by atoms with van der Waals surface area (Å²) in [6, 6.07) is 45.8. The van der Waals surface area contributed by atoms with Gasteiger partial charge in [0.25, 0.3) is 0 Å². The lowest BCUT2D eigenvalue weighted by molar-refractivity contribution is 0.589. The van der Waals surface area contributed by atoms with Crippen molar-refractivity contribution < 1.29 is 0 Å². The van der Waals surface area contributed by atoms with Gasteiger partial charge in [-0.2, -0.15) is 0 Å². The van der Waals surface area contributed by atoms with Crippen LogP contribution in [0.5, 0.6) is 0 Å². The standard InChI is InChI=1S/C54H60/c1-51(2,3)45-28-20-39(21-29-45)49(40-22-30-46(31-23-40)52(4,5)6)38-18-16-37(17-19-38)43-14-13-15-44(36-43)50(41-24-32-47(33-25-41)53(7,8)9)42-26-34-48(35-27-42)54(10,11)12/h13-36H,1-12H3. The number of rotatable bonds is 6. The molecule has 0 spiro atoms. The fourth-order valence-corrected chi connectivity index (χ4v) is 7.23. The summed E-state index contributed by atoms with van der Waals surface area (Å²) in [5.41, 5.74) is 15.6. The summed E-state index contributed by atoms with van der Waals surface area (Å²) in [7, 11) is 0.